The predicted octanol–water partition coefficient (Wildman–Crippen LogP) is 0.854. The van der Waals surface area contributed by atoms with Crippen LogP contribution in [0, 0.1) is 0 Å². The van der Waals surface area contributed by atoms with Gasteiger partial charge in [0.05, 0.1) is 0 Å². The molecule has 0 saturated heterocycles. The molecule has 0 atom stereocenters. The minimum Gasteiger partial charge on any atom is -0.480 e. The first kappa shape index (κ1) is 14.1. The molecule has 0 unspecified atom stereocenters. The molecule has 0 fully saturated rings. The SMILES string of the molecule is CSCCNC(=O)N(CC(=O)O)C(C)C. The fourth-order valence-electron chi connectivity index (χ4n) is 0.996. The van der Waals surface area contributed by atoms with Crippen molar-refractivity contribution in [2.45, 2.75) is 19.9 Å². The lowest BCUT2D eigenvalue weighted by atomic mass is 10.3. The van der Waals surface area contributed by atoms with E-state index in [9.17, 15) is 9.59 Å². The van der Waals surface area contributed by atoms with Gasteiger partial charge in [0.1, 0.15) is 6.54 Å². The van der Waals surface area contributed by atoms with Gasteiger partial charge >= 0.3 is 12.0 Å². The third-order valence-electron chi connectivity index (χ3n) is 1.77. The number of carbonyl (C=O) groups is 2. The van der Waals surface area contributed by atoms with E-state index in [-0.39, 0.29) is 18.6 Å². The molecule has 0 aliphatic heterocycles. The van der Waals surface area contributed by atoms with Crippen molar-refractivity contribution < 1.29 is 14.7 Å². The van der Waals surface area contributed by atoms with Gasteiger partial charge in [0.25, 0.3) is 0 Å². The number of rotatable bonds is 6. The van der Waals surface area contributed by atoms with Crippen molar-refractivity contribution >= 4 is 23.8 Å². The van der Waals surface area contributed by atoms with Crippen LogP contribution in [0.3, 0.4) is 0 Å². The van der Waals surface area contributed by atoms with Crippen LogP contribution in [0.5, 0.6) is 0 Å². The third-order valence-corrected chi connectivity index (χ3v) is 2.38. The fourth-order valence-corrected chi connectivity index (χ4v) is 1.30. The molecule has 0 saturated carbocycles. The quantitative estimate of drug-likeness (QED) is 0.669. The van der Waals surface area contributed by atoms with Crippen LogP contribution in [0.15, 0.2) is 0 Å². The monoisotopic (exact) mass is 234 g/mol. The molecule has 0 rings (SSSR count). The first-order valence-corrected chi connectivity index (χ1v) is 6.13. The van der Waals surface area contributed by atoms with Crippen molar-refractivity contribution in [2.24, 2.45) is 0 Å². The lowest BCUT2D eigenvalue weighted by Gasteiger charge is -2.24. The standard InChI is InChI=1S/C9H18N2O3S/c1-7(2)11(6-8(12)13)9(14)10-4-5-15-3/h7H,4-6H2,1-3H3,(H,10,14)(H,12,13). The number of hydrogen-bond donors (Lipinski definition) is 2. The number of nitrogens with zero attached hydrogens (tertiary/aromatic N) is 1. The highest BCUT2D eigenvalue weighted by Gasteiger charge is 2.18. The highest BCUT2D eigenvalue weighted by atomic mass is 32.2. The van der Waals surface area contributed by atoms with Gasteiger partial charge in [0.2, 0.25) is 0 Å². The van der Waals surface area contributed by atoms with E-state index in [1.807, 2.05) is 6.26 Å². The van der Waals surface area contributed by atoms with Crippen molar-refractivity contribution in [3.63, 3.8) is 0 Å². The summed E-state index contributed by atoms with van der Waals surface area (Å²) in [5, 5.41) is 11.3. The van der Waals surface area contributed by atoms with Gasteiger partial charge in [-0.1, -0.05) is 0 Å². The van der Waals surface area contributed by atoms with Crippen molar-refractivity contribution in [3.05, 3.63) is 0 Å². The molecular weight excluding hydrogens is 216 g/mol. The molecule has 5 nitrogen and oxygen atoms in total. The molecule has 88 valence electrons. The average Bonchev–Trinajstić information content (AvgIpc) is 2.13. The first-order valence-electron chi connectivity index (χ1n) is 4.74. The van der Waals surface area contributed by atoms with Crippen molar-refractivity contribution in [2.75, 3.05) is 25.1 Å². The van der Waals surface area contributed by atoms with Crippen molar-refractivity contribution in [1.82, 2.24) is 10.2 Å². The molecule has 0 aromatic carbocycles. The van der Waals surface area contributed by atoms with E-state index in [1.54, 1.807) is 25.6 Å². The Balaban J connectivity index is 4.11. The Morgan fingerprint density at radius 2 is 2.07 bits per heavy atom. The summed E-state index contributed by atoms with van der Waals surface area (Å²) in [6.45, 7) is 3.87. The van der Waals surface area contributed by atoms with Gasteiger partial charge in [-0.2, -0.15) is 11.8 Å². The first-order chi connectivity index (χ1) is 6.99. The van der Waals surface area contributed by atoms with E-state index < -0.39 is 5.97 Å². The topological polar surface area (TPSA) is 69.6 Å². The van der Waals surface area contributed by atoms with Crippen LogP contribution < -0.4 is 5.32 Å². The van der Waals surface area contributed by atoms with E-state index in [2.05, 4.69) is 5.32 Å². The minimum absolute atomic E-state index is 0.115. The zero-order valence-electron chi connectivity index (χ0n) is 9.32. The number of aliphatic carboxylic acids is 1. The minimum atomic E-state index is -0.997. The maximum absolute atomic E-state index is 11.5. The molecule has 2 N–H and O–H groups in total. The molecule has 0 aromatic rings. The molecule has 0 heterocycles. The molecular formula is C9H18N2O3S. The zero-order chi connectivity index (χ0) is 11.8. The Labute approximate surface area is 94.2 Å². The maximum atomic E-state index is 11.5. The van der Waals surface area contributed by atoms with E-state index in [1.165, 1.54) is 4.90 Å². The average molecular weight is 234 g/mol. The Morgan fingerprint density at radius 3 is 2.47 bits per heavy atom. The number of urea groups is 1. The molecule has 0 aliphatic rings. The smallest absolute Gasteiger partial charge is 0.323 e. The van der Waals surface area contributed by atoms with Crippen LogP contribution in [0.4, 0.5) is 4.79 Å². The normalized spacial score (nSPS) is 10.1. The van der Waals surface area contributed by atoms with E-state index in [4.69, 9.17) is 5.11 Å². The van der Waals surface area contributed by atoms with Crippen molar-refractivity contribution in [3.8, 4) is 0 Å². The maximum Gasteiger partial charge on any atom is 0.323 e. The van der Waals surface area contributed by atoms with Gasteiger partial charge in [-0.25, -0.2) is 4.79 Å². The Bertz CT molecular complexity index is 221. The van der Waals surface area contributed by atoms with E-state index >= 15 is 0 Å². The second-order valence-electron chi connectivity index (χ2n) is 3.34. The summed E-state index contributed by atoms with van der Waals surface area (Å²) in [5.74, 6) is -0.172. The predicted molar refractivity (Wildman–Crippen MR) is 61.3 cm³/mol. The van der Waals surface area contributed by atoms with E-state index in [0.717, 1.165) is 5.75 Å². The highest BCUT2D eigenvalue weighted by Crippen LogP contribution is 1.98. The zero-order valence-corrected chi connectivity index (χ0v) is 10.1. The second kappa shape index (κ2) is 7.39. The summed E-state index contributed by atoms with van der Waals surface area (Å²) in [6.07, 6.45) is 1.95. The number of carboxylic acid groups (broad SMARTS) is 1. The highest BCUT2D eigenvalue weighted by molar-refractivity contribution is 7.98. The van der Waals surface area contributed by atoms with Gasteiger partial charge < -0.3 is 15.3 Å². The number of carboxylic acids is 1. The summed E-state index contributed by atoms with van der Waals surface area (Å²) in [6, 6.07) is -0.433. The number of amides is 2. The summed E-state index contributed by atoms with van der Waals surface area (Å²) >= 11 is 1.63. The van der Waals surface area contributed by atoms with Crippen LogP contribution in [0.2, 0.25) is 0 Å². The molecule has 0 aliphatic carbocycles. The molecule has 0 radical (unpaired) electrons. The molecule has 6 heteroatoms. The van der Waals surface area contributed by atoms with E-state index in [0.29, 0.717) is 6.54 Å². The summed E-state index contributed by atoms with van der Waals surface area (Å²) < 4.78 is 0. The molecule has 2 amide bonds. The van der Waals surface area contributed by atoms with Gasteiger partial charge in [0.15, 0.2) is 0 Å². The molecule has 0 spiro atoms. The number of nitrogens with one attached hydrogen (secondary N) is 1. The molecule has 0 aromatic heterocycles. The van der Waals surface area contributed by atoms with Gasteiger partial charge in [-0.15, -0.1) is 0 Å². The molecule has 0 bridgehead atoms. The largest absolute Gasteiger partial charge is 0.480 e. The van der Waals surface area contributed by atoms with Crippen LogP contribution in [-0.2, 0) is 4.79 Å². The van der Waals surface area contributed by atoms with Crippen LogP contribution in [0.1, 0.15) is 13.8 Å². The lowest BCUT2D eigenvalue weighted by molar-refractivity contribution is -0.138. The number of thioether (sulfide) groups is 1. The summed E-state index contributed by atoms with van der Waals surface area (Å²) in [7, 11) is 0. The van der Waals surface area contributed by atoms with Crippen molar-refractivity contribution in [1.29, 1.82) is 0 Å². The Morgan fingerprint density at radius 1 is 1.47 bits per heavy atom. The summed E-state index contributed by atoms with van der Waals surface area (Å²) in [4.78, 5) is 23.4. The summed E-state index contributed by atoms with van der Waals surface area (Å²) in [5.41, 5.74) is 0. The second-order valence-corrected chi connectivity index (χ2v) is 4.33. The Hall–Kier alpha value is -0.910. The van der Waals surface area contributed by atoms with Crippen LogP contribution >= 0.6 is 11.8 Å². The number of hydrogen-bond acceptors (Lipinski definition) is 3. The van der Waals surface area contributed by atoms with Gasteiger partial charge in [-0.05, 0) is 20.1 Å². The fraction of sp³-hybridized carbons (Fsp3) is 0.778. The van der Waals surface area contributed by atoms with Crippen LogP contribution in [0.25, 0.3) is 0 Å². The lowest BCUT2D eigenvalue weighted by Crippen LogP contribution is -2.47. The Kier molecular flexibility index (Phi) is 6.94. The number of carbonyl (C=O) groups excluding carboxylic acids is 1. The van der Waals surface area contributed by atoms with Gasteiger partial charge in [0, 0.05) is 18.3 Å². The molecule has 15 heavy (non-hydrogen) atoms. The van der Waals surface area contributed by atoms with Gasteiger partial charge in [-0.3, -0.25) is 4.79 Å². The van der Waals surface area contributed by atoms with Crippen LogP contribution in [-0.4, -0.2) is 53.1 Å². The third kappa shape index (κ3) is 6.22.